The second kappa shape index (κ2) is 8.76. The highest BCUT2D eigenvalue weighted by molar-refractivity contribution is 8.00. The molecule has 0 bridgehead atoms. The molecule has 0 spiro atoms. The number of carbonyl (C=O) groups is 1. The molecule has 2 aromatic rings. The molecule has 0 saturated carbocycles. The highest BCUT2D eigenvalue weighted by atomic mass is 32.2. The van der Waals surface area contributed by atoms with Gasteiger partial charge in [0.05, 0.1) is 26.2 Å². The fourth-order valence-electron chi connectivity index (χ4n) is 2.32. The lowest BCUT2D eigenvalue weighted by atomic mass is 10.2. The van der Waals surface area contributed by atoms with Crippen molar-refractivity contribution in [3.63, 3.8) is 0 Å². The first-order chi connectivity index (χ1) is 12.7. The Hall–Kier alpha value is -2.05. The summed E-state index contributed by atoms with van der Waals surface area (Å²) in [6.07, 6.45) is 2.88. The van der Waals surface area contributed by atoms with E-state index in [1.807, 2.05) is 6.26 Å². The zero-order valence-electron chi connectivity index (χ0n) is 15.4. The summed E-state index contributed by atoms with van der Waals surface area (Å²) in [5.41, 5.74) is 0.278. The molecule has 2 rings (SSSR count). The van der Waals surface area contributed by atoms with Crippen molar-refractivity contribution in [3.8, 4) is 11.5 Å². The zero-order valence-corrected chi connectivity index (χ0v) is 17.9. The number of ether oxygens (including phenoxy) is 2. The number of nitrogens with zero attached hydrogens (tertiary/aromatic N) is 3. The van der Waals surface area contributed by atoms with Crippen molar-refractivity contribution in [1.82, 2.24) is 10.2 Å². The van der Waals surface area contributed by atoms with Gasteiger partial charge in [-0.05, 0) is 25.3 Å². The van der Waals surface area contributed by atoms with Crippen LogP contribution in [0.15, 0.2) is 22.5 Å². The summed E-state index contributed by atoms with van der Waals surface area (Å²) in [6.45, 7) is 1.49. The van der Waals surface area contributed by atoms with Gasteiger partial charge >= 0.3 is 0 Å². The second-order valence-corrected chi connectivity index (χ2v) is 9.23. The SMILES string of the molecule is COc1ccc(N(C(C)C(=O)Nc2nnc(SC)s2)S(C)(=O)=O)cc1OC. The first-order valence-corrected chi connectivity index (χ1v) is 11.5. The van der Waals surface area contributed by atoms with Crippen LogP contribution in [-0.4, -0.2) is 57.3 Å². The number of methoxy groups -OCH3 is 2. The summed E-state index contributed by atoms with van der Waals surface area (Å²) in [4.78, 5) is 12.6. The Morgan fingerprint density at radius 2 is 1.93 bits per heavy atom. The molecule has 27 heavy (non-hydrogen) atoms. The molecule has 9 nitrogen and oxygen atoms in total. The monoisotopic (exact) mass is 432 g/mol. The molecular weight excluding hydrogens is 412 g/mol. The van der Waals surface area contributed by atoms with Gasteiger partial charge in [0.2, 0.25) is 21.1 Å². The predicted molar refractivity (Wildman–Crippen MR) is 107 cm³/mol. The molecule has 1 N–H and O–H groups in total. The van der Waals surface area contributed by atoms with Crippen LogP contribution in [0, 0.1) is 0 Å². The third kappa shape index (κ3) is 5.02. The van der Waals surface area contributed by atoms with Crippen LogP contribution in [-0.2, 0) is 14.8 Å². The molecule has 1 unspecified atom stereocenters. The molecular formula is C15H20N4O5S3. The maximum absolute atomic E-state index is 12.6. The van der Waals surface area contributed by atoms with Gasteiger partial charge in [-0.15, -0.1) is 10.2 Å². The van der Waals surface area contributed by atoms with Crippen LogP contribution in [0.5, 0.6) is 11.5 Å². The number of carbonyl (C=O) groups excluding carboxylic acids is 1. The quantitative estimate of drug-likeness (QED) is 0.499. The number of rotatable bonds is 8. The van der Waals surface area contributed by atoms with Gasteiger partial charge in [0, 0.05) is 6.07 Å². The Kier molecular flexibility index (Phi) is 6.89. The lowest BCUT2D eigenvalue weighted by Gasteiger charge is -2.28. The van der Waals surface area contributed by atoms with Crippen molar-refractivity contribution in [2.75, 3.05) is 36.4 Å². The Labute approximate surface area is 166 Å². The third-order valence-corrected chi connectivity index (χ3v) is 6.58. The van der Waals surface area contributed by atoms with E-state index in [2.05, 4.69) is 15.5 Å². The molecule has 148 valence electrons. The lowest BCUT2D eigenvalue weighted by Crippen LogP contribution is -2.45. The maximum Gasteiger partial charge on any atom is 0.249 e. The van der Waals surface area contributed by atoms with Crippen LogP contribution in [0.1, 0.15) is 6.92 Å². The topological polar surface area (TPSA) is 111 Å². The molecule has 1 aromatic carbocycles. The van der Waals surface area contributed by atoms with Crippen LogP contribution >= 0.6 is 23.1 Å². The number of anilines is 2. The summed E-state index contributed by atoms with van der Waals surface area (Å²) in [5, 5.41) is 10.7. The molecule has 0 aliphatic rings. The molecule has 0 aliphatic heterocycles. The number of sulfonamides is 1. The van der Waals surface area contributed by atoms with Gasteiger partial charge in [-0.3, -0.25) is 14.4 Å². The lowest BCUT2D eigenvalue weighted by molar-refractivity contribution is -0.116. The summed E-state index contributed by atoms with van der Waals surface area (Å²) in [5.74, 6) is 0.272. The van der Waals surface area contributed by atoms with Gasteiger partial charge in [-0.2, -0.15) is 0 Å². The van der Waals surface area contributed by atoms with E-state index in [-0.39, 0.29) is 5.69 Å². The normalized spacial score (nSPS) is 12.3. The van der Waals surface area contributed by atoms with Gasteiger partial charge in [0.15, 0.2) is 15.8 Å². The van der Waals surface area contributed by atoms with E-state index >= 15 is 0 Å². The number of thioether (sulfide) groups is 1. The first kappa shape index (κ1) is 21.3. The molecule has 1 atom stereocenters. The van der Waals surface area contributed by atoms with Gasteiger partial charge in [-0.25, -0.2) is 8.42 Å². The van der Waals surface area contributed by atoms with Crippen LogP contribution in [0.2, 0.25) is 0 Å². The number of nitrogens with one attached hydrogen (secondary N) is 1. The van der Waals surface area contributed by atoms with Crippen molar-refractivity contribution in [2.45, 2.75) is 17.3 Å². The number of hydrogen-bond donors (Lipinski definition) is 1. The minimum absolute atomic E-state index is 0.278. The average molecular weight is 433 g/mol. The number of amides is 1. The molecule has 0 aliphatic carbocycles. The fourth-order valence-corrected chi connectivity index (χ4v) is 4.66. The van der Waals surface area contributed by atoms with Crippen LogP contribution in [0.3, 0.4) is 0 Å². The minimum atomic E-state index is -3.76. The Morgan fingerprint density at radius 1 is 1.26 bits per heavy atom. The van der Waals surface area contributed by atoms with Crippen molar-refractivity contribution >= 4 is 49.8 Å². The molecule has 0 saturated heterocycles. The molecule has 1 aromatic heterocycles. The number of benzene rings is 1. The minimum Gasteiger partial charge on any atom is -0.493 e. The highest BCUT2D eigenvalue weighted by Gasteiger charge is 2.30. The van der Waals surface area contributed by atoms with E-state index < -0.39 is 22.0 Å². The van der Waals surface area contributed by atoms with E-state index in [1.54, 1.807) is 12.1 Å². The van der Waals surface area contributed by atoms with Crippen molar-refractivity contribution in [2.24, 2.45) is 0 Å². The van der Waals surface area contributed by atoms with Gasteiger partial charge in [0.25, 0.3) is 0 Å². The Balaban J connectivity index is 2.34. The maximum atomic E-state index is 12.6. The van der Waals surface area contributed by atoms with Gasteiger partial charge in [-0.1, -0.05) is 23.1 Å². The Morgan fingerprint density at radius 3 is 2.44 bits per heavy atom. The molecule has 12 heteroatoms. The van der Waals surface area contributed by atoms with Crippen molar-refractivity contribution in [3.05, 3.63) is 18.2 Å². The molecule has 1 heterocycles. The van der Waals surface area contributed by atoms with Crippen LogP contribution in [0.4, 0.5) is 10.8 Å². The molecule has 1 amide bonds. The average Bonchev–Trinajstić information content (AvgIpc) is 3.07. The number of aromatic nitrogens is 2. The van der Waals surface area contributed by atoms with E-state index in [4.69, 9.17) is 9.47 Å². The summed E-state index contributed by atoms with van der Waals surface area (Å²) >= 11 is 2.61. The van der Waals surface area contributed by atoms with Crippen molar-refractivity contribution in [1.29, 1.82) is 0 Å². The summed E-state index contributed by atoms with van der Waals surface area (Å²) in [7, 11) is -0.834. The second-order valence-electron chi connectivity index (χ2n) is 5.34. The van der Waals surface area contributed by atoms with Crippen molar-refractivity contribution < 1.29 is 22.7 Å². The van der Waals surface area contributed by atoms with E-state index in [0.717, 1.165) is 10.6 Å². The smallest absolute Gasteiger partial charge is 0.249 e. The van der Waals surface area contributed by atoms with E-state index in [1.165, 1.54) is 50.3 Å². The summed E-state index contributed by atoms with van der Waals surface area (Å²) < 4.78 is 36.9. The largest absolute Gasteiger partial charge is 0.493 e. The Bertz CT molecular complexity index is 916. The van der Waals surface area contributed by atoms with E-state index in [9.17, 15) is 13.2 Å². The van der Waals surface area contributed by atoms with Crippen LogP contribution < -0.4 is 19.1 Å². The van der Waals surface area contributed by atoms with Gasteiger partial charge < -0.3 is 9.47 Å². The highest BCUT2D eigenvalue weighted by Crippen LogP contribution is 2.33. The fraction of sp³-hybridized carbons (Fsp3) is 0.400. The standard InChI is InChI=1S/C15H20N4O5S3/c1-9(13(20)16-14-17-18-15(25-4)26-14)19(27(5,21)22)10-6-7-11(23-2)12(8-10)24-3/h6-9H,1-5H3,(H,16,17,20). The summed E-state index contributed by atoms with van der Waals surface area (Å²) in [6, 6.07) is 3.59. The molecule has 0 radical (unpaired) electrons. The van der Waals surface area contributed by atoms with Gasteiger partial charge in [0.1, 0.15) is 6.04 Å². The first-order valence-electron chi connectivity index (χ1n) is 7.61. The third-order valence-electron chi connectivity index (χ3n) is 3.52. The number of hydrogen-bond acceptors (Lipinski definition) is 9. The van der Waals surface area contributed by atoms with E-state index in [0.29, 0.717) is 21.0 Å². The van der Waals surface area contributed by atoms with Crippen LogP contribution in [0.25, 0.3) is 0 Å². The molecule has 0 fully saturated rings. The zero-order chi connectivity index (χ0) is 20.2. The predicted octanol–water partition coefficient (Wildman–Crippen LogP) is 2.07.